The zero-order valence-electron chi connectivity index (χ0n) is 10.8. The topological polar surface area (TPSA) is 6.48 Å². The molecule has 88 valence electrons. The van der Waals surface area contributed by atoms with Crippen LogP contribution in [-0.2, 0) is 0 Å². The smallest absolute Gasteiger partial charge is 0.0153 e. The summed E-state index contributed by atoms with van der Waals surface area (Å²) in [5.41, 5.74) is 0.428. The third-order valence-corrected chi connectivity index (χ3v) is 4.39. The van der Waals surface area contributed by atoms with Gasteiger partial charge in [0.05, 0.1) is 0 Å². The van der Waals surface area contributed by atoms with Gasteiger partial charge in [0.15, 0.2) is 0 Å². The van der Waals surface area contributed by atoms with Gasteiger partial charge in [-0.05, 0) is 39.2 Å². The monoisotopic (exact) mass is 210 g/mol. The zero-order chi connectivity index (χ0) is 11.1. The van der Waals surface area contributed by atoms with Crippen LogP contribution in [0.2, 0.25) is 0 Å². The lowest BCUT2D eigenvalue weighted by Gasteiger charge is -2.36. The Hall–Kier alpha value is -0.0800. The highest BCUT2D eigenvalue weighted by Gasteiger charge is 2.42. The van der Waals surface area contributed by atoms with Crippen LogP contribution in [0, 0.1) is 11.8 Å². The first-order valence-corrected chi connectivity index (χ1v) is 6.46. The fourth-order valence-corrected chi connectivity index (χ4v) is 3.49. The van der Waals surface area contributed by atoms with Crippen LogP contribution in [-0.4, -0.2) is 48.6 Å². The van der Waals surface area contributed by atoms with E-state index in [2.05, 4.69) is 37.6 Å². The van der Waals surface area contributed by atoms with Crippen molar-refractivity contribution in [1.82, 2.24) is 9.80 Å². The number of hydrogen-bond donors (Lipinski definition) is 0. The number of rotatable bonds is 3. The van der Waals surface area contributed by atoms with Crippen molar-refractivity contribution in [2.24, 2.45) is 11.8 Å². The fourth-order valence-electron chi connectivity index (χ4n) is 3.49. The molecule has 0 spiro atoms. The summed E-state index contributed by atoms with van der Waals surface area (Å²) in [6.07, 6.45) is 2.64. The summed E-state index contributed by atoms with van der Waals surface area (Å²) in [6.45, 7) is 12.5. The average Bonchev–Trinajstić information content (AvgIpc) is 2.60. The molecule has 2 saturated heterocycles. The van der Waals surface area contributed by atoms with Crippen molar-refractivity contribution in [1.29, 1.82) is 0 Å². The second-order valence-corrected chi connectivity index (χ2v) is 6.21. The molecular formula is C13H26N2. The van der Waals surface area contributed by atoms with Gasteiger partial charge in [-0.1, -0.05) is 13.3 Å². The molecule has 2 heteroatoms. The maximum atomic E-state index is 2.73. The molecule has 0 radical (unpaired) electrons. The van der Waals surface area contributed by atoms with Crippen LogP contribution in [0.1, 0.15) is 33.6 Å². The number of hydrogen-bond acceptors (Lipinski definition) is 2. The van der Waals surface area contributed by atoms with Gasteiger partial charge in [-0.15, -0.1) is 0 Å². The standard InChI is InChI=1S/C13H26N2/c1-5-6-13(2,3)15-9-11-7-14(4)8-12(11)10-15/h11-12H,5-10H2,1-4H3/t11-,12+. The molecule has 0 aromatic carbocycles. The maximum Gasteiger partial charge on any atom is 0.0153 e. The first-order valence-electron chi connectivity index (χ1n) is 6.46. The first kappa shape index (κ1) is 11.4. The summed E-state index contributed by atoms with van der Waals surface area (Å²) < 4.78 is 0. The van der Waals surface area contributed by atoms with Gasteiger partial charge >= 0.3 is 0 Å². The van der Waals surface area contributed by atoms with Gasteiger partial charge in [0.2, 0.25) is 0 Å². The lowest BCUT2D eigenvalue weighted by atomic mass is 9.97. The van der Waals surface area contributed by atoms with E-state index in [4.69, 9.17) is 0 Å². The number of nitrogens with zero attached hydrogens (tertiary/aromatic N) is 2. The summed E-state index contributed by atoms with van der Waals surface area (Å²) in [4.78, 5) is 5.23. The van der Waals surface area contributed by atoms with Crippen molar-refractivity contribution in [2.45, 2.75) is 39.2 Å². The van der Waals surface area contributed by atoms with Gasteiger partial charge < -0.3 is 4.90 Å². The lowest BCUT2D eigenvalue weighted by Crippen LogP contribution is -2.43. The molecular weight excluding hydrogens is 184 g/mol. The van der Waals surface area contributed by atoms with Crippen molar-refractivity contribution in [3.8, 4) is 0 Å². The Labute approximate surface area is 94.6 Å². The molecule has 2 aliphatic rings. The van der Waals surface area contributed by atoms with E-state index in [1.807, 2.05) is 0 Å². The van der Waals surface area contributed by atoms with Crippen LogP contribution in [0.3, 0.4) is 0 Å². The molecule has 2 fully saturated rings. The molecule has 0 N–H and O–H groups in total. The predicted octanol–water partition coefficient (Wildman–Crippen LogP) is 2.06. The Morgan fingerprint density at radius 1 is 1.07 bits per heavy atom. The Morgan fingerprint density at radius 3 is 2.07 bits per heavy atom. The maximum absolute atomic E-state index is 2.73. The zero-order valence-corrected chi connectivity index (χ0v) is 10.8. The van der Waals surface area contributed by atoms with Crippen molar-refractivity contribution in [3.05, 3.63) is 0 Å². The van der Waals surface area contributed by atoms with E-state index in [1.165, 1.54) is 39.0 Å². The molecule has 0 unspecified atom stereocenters. The molecule has 2 heterocycles. The summed E-state index contributed by atoms with van der Waals surface area (Å²) in [6, 6.07) is 0. The van der Waals surface area contributed by atoms with Crippen molar-refractivity contribution < 1.29 is 0 Å². The molecule has 0 aliphatic carbocycles. The minimum atomic E-state index is 0.428. The highest BCUT2D eigenvalue weighted by molar-refractivity contribution is 4.96. The summed E-state index contributed by atoms with van der Waals surface area (Å²) in [5, 5.41) is 0. The van der Waals surface area contributed by atoms with Crippen LogP contribution < -0.4 is 0 Å². The number of fused-ring (bicyclic) bond motifs is 1. The molecule has 2 rings (SSSR count). The quantitative estimate of drug-likeness (QED) is 0.703. The SMILES string of the molecule is CCCC(C)(C)N1C[C@H]2CN(C)C[C@H]2C1. The first-order chi connectivity index (χ1) is 7.03. The minimum Gasteiger partial charge on any atom is -0.306 e. The van der Waals surface area contributed by atoms with E-state index >= 15 is 0 Å². The highest BCUT2D eigenvalue weighted by atomic mass is 15.3. The molecule has 2 aliphatic heterocycles. The van der Waals surface area contributed by atoms with Gasteiger partial charge in [-0.3, -0.25) is 4.90 Å². The van der Waals surface area contributed by atoms with Crippen LogP contribution in [0.4, 0.5) is 0 Å². The summed E-state index contributed by atoms with van der Waals surface area (Å²) >= 11 is 0. The highest BCUT2D eigenvalue weighted by Crippen LogP contribution is 2.35. The minimum absolute atomic E-state index is 0.428. The molecule has 0 aromatic heterocycles. The molecule has 0 aromatic rings. The molecule has 15 heavy (non-hydrogen) atoms. The largest absolute Gasteiger partial charge is 0.306 e. The third kappa shape index (κ3) is 2.21. The molecule has 2 nitrogen and oxygen atoms in total. The Morgan fingerprint density at radius 2 is 1.60 bits per heavy atom. The Bertz CT molecular complexity index is 211. The number of likely N-dealkylation sites (tertiary alicyclic amines) is 2. The van der Waals surface area contributed by atoms with Gasteiger partial charge in [-0.2, -0.15) is 0 Å². The Balaban J connectivity index is 1.94. The fraction of sp³-hybridized carbons (Fsp3) is 1.00. The average molecular weight is 210 g/mol. The van der Waals surface area contributed by atoms with Gasteiger partial charge in [-0.25, -0.2) is 0 Å². The predicted molar refractivity (Wildman–Crippen MR) is 65.0 cm³/mol. The summed E-state index contributed by atoms with van der Waals surface area (Å²) in [5.74, 6) is 1.90. The summed E-state index contributed by atoms with van der Waals surface area (Å²) in [7, 11) is 2.26. The van der Waals surface area contributed by atoms with Gasteiger partial charge in [0.25, 0.3) is 0 Å². The lowest BCUT2D eigenvalue weighted by molar-refractivity contribution is 0.125. The second-order valence-electron chi connectivity index (χ2n) is 6.21. The van der Waals surface area contributed by atoms with Crippen molar-refractivity contribution >= 4 is 0 Å². The molecule has 0 bridgehead atoms. The van der Waals surface area contributed by atoms with E-state index in [0.29, 0.717) is 5.54 Å². The van der Waals surface area contributed by atoms with E-state index < -0.39 is 0 Å². The van der Waals surface area contributed by atoms with Crippen LogP contribution in [0.25, 0.3) is 0 Å². The van der Waals surface area contributed by atoms with Crippen LogP contribution in [0.5, 0.6) is 0 Å². The molecule has 2 atom stereocenters. The van der Waals surface area contributed by atoms with E-state index in [0.717, 1.165) is 11.8 Å². The van der Waals surface area contributed by atoms with Crippen LogP contribution in [0.15, 0.2) is 0 Å². The van der Waals surface area contributed by atoms with E-state index in [9.17, 15) is 0 Å². The van der Waals surface area contributed by atoms with Gasteiger partial charge in [0, 0.05) is 31.7 Å². The van der Waals surface area contributed by atoms with E-state index in [1.54, 1.807) is 0 Å². The van der Waals surface area contributed by atoms with Crippen molar-refractivity contribution in [2.75, 3.05) is 33.2 Å². The molecule has 0 saturated carbocycles. The Kier molecular flexibility index (Phi) is 3.09. The normalized spacial score (nSPS) is 33.6. The van der Waals surface area contributed by atoms with Crippen LogP contribution >= 0.6 is 0 Å². The third-order valence-electron chi connectivity index (χ3n) is 4.39. The van der Waals surface area contributed by atoms with Gasteiger partial charge in [0.1, 0.15) is 0 Å². The van der Waals surface area contributed by atoms with E-state index in [-0.39, 0.29) is 0 Å². The van der Waals surface area contributed by atoms with Crippen molar-refractivity contribution in [3.63, 3.8) is 0 Å². The molecule has 0 amide bonds. The second kappa shape index (κ2) is 4.06.